The fourth-order valence-corrected chi connectivity index (χ4v) is 3.74. The van der Waals surface area contributed by atoms with Gasteiger partial charge in [0, 0.05) is 13.0 Å². The van der Waals surface area contributed by atoms with E-state index in [0.717, 1.165) is 21.9 Å². The highest BCUT2D eigenvalue weighted by Gasteiger charge is 2.35. The Kier molecular flexibility index (Phi) is 5.48. The van der Waals surface area contributed by atoms with Crippen molar-refractivity contribution in [1.29, 1.82) is 0 Å². The Labute approximate surface area is 174 Å². The van der Waals surface area contributed by atoms with E-state index in [-0.39, 0.29) is 6.54 Å². The average Bonchev–Trinajstić information content (AvgIpc) is 2.80. The minimum Gasteiger partial charge on any atom is -0.467 e. The van der Waals surface area contributed by atoms with Gasteiger partial charge in [0.05, 0.1) is 12.7 Å². The van der Waals surface area contributed by atoms with Gasteiger partial charge in [-0.2, -0.15) is 0 Å². The molecule has 1 atom stereocenters. The second-order valence-corrected chi connectivity index (χ2v) is 7.17. The molecule has 1 aliphatic rings. The highest BCUT2D eigenvalue weighted by atomic mass is 16.5. The molecule has 30 heavy (non-hydrogen) atoms. The number of hydrogen-bond acceptors (Lipinski definition) is 5. The predicted molar refractivity (Wildman–Crippen MR) is 111 cm³/mol. The molecule has 1 heterocycles. The summed E-state index contributed by atoms with van der Waals surface area (Å²) < 4.78 is 10.1. The molecule has 6 heteroatoms. The summed E-state index contributed by atoms with van der Waals surface area (Å²) in [5.41, 5.74) is 2.34. The van der Waals surface area contributed by atoms with Gasteiger partial charge in [0.1, 0.15) is 6.04 Å². The first kappa shape index (κ1) is 19.6. The topological polar surface area (TPSA) is 72.9 Å². The first-order valence-electron chi connectivity index (χ1n) is 9.67. The molecule has 1 amide bonds. The lowest BCUT2D eigenvalue weighted by molar-refractivity contribution is -0.155. The predicted octanol–water partition coefficient (Wildman–Crippen LogP) is 3.12. The molecule has 3 aromatic rings. The number of amides is 1. The van der Waals surface area contributed by atoms with Gasteiger partial charge in [-0.05, 0) is 34.0 Å². The van der Waals surface area contributed by atoms with E-state index in [2.05, 4.69) is 0 Å². The lowest BCUT2D eigenvalue weighted by atomic mass is 9.94. The quantitative estimate of drug-likeness (QED) is 0.626. The number of nitrogens with zero attached hydrogens (tertiary/aromatic N) is 1. The van der Waals surface area contributed by atoms with Crippen LogP contribution in [0.1, 0.15) is 21.5 Å². The molecular formula is C24H21NO5. The van der Waals surface area contributed by atoms with Crippen molar-refractivity contribution in [3.63, 3.8) is 0 Å². The van der Waals surface area contributed by atoms with E-state index in [4.69, 9.17) is 9.47 Å². The van der Waals surface area contributed by atoms with Crippen LogP contribution in [0.15, 0.2) is 66.7 Å². The number of ether oxygens (including phenoxy) is 2. The molecule has 0 N–H and O–H groups in total. The van der Waals surface area contributed by atoms with Crippen LogP contribution in [-0.4, -0.2) is 42.5 Å². The molecule has 4 rings (SSSR count). The normalized spacial score (nSPS) is 15.4. The van der Waals surface area contributed by atoms with Crippen molar-refractivity contribution in [2.24, 2.45) is 0 Å². The van der Waals surface area contributed by atoms with Crippen LogP contribution < -0.4 is 0 Å². The zero-order valence-corrected chi connectivity index (χ0v) is 16.5. The van der Waals surface area contributed by atoms with Gasteiger partial charge in [0.15, 0.2) is 6.61 Å². The Bertz CT molecular complexity index is 1120. The molecule has 0 aliphatic carbocycles. The third kappa shape index (κ3) is 3.89. The van der Waals surface area contributed by atoms with Crippen molar-refractivity contribution in [3.8, 4) is 0 Å². The zero-order chi connectivity index (χ0) is 21.1. The van der Waals surface area contributed by atoms with E-state index >= 15 is 0 Å². The number of hydrogen-bond donors (Lipinski definition) is 0. The number of carbonyl (C=O) groups excluding carboxylic acids is 3. The van der Waals surface area contributed by atoms with E-state index in [9.17, 15) is 14.4 Å². The van der Waals surface area contributed by atoms with Crippen molar-refractivity contribution >= 4 is 28.6 Å². The van der Waals surface area contributed by atoms with Gasteiger partial charge < -0.3 is 14.4 Å². The van der Waals surface area contributed by atoms with Crippen LogP contribution in [0.5, 0.6) is 0 Å². The molecule has 3 aromatic carbocycles. The van der Waals surface area contributed by atoms with E-state index in [1.165, 1.54) is 12.0 Å². The number of benzene rings is 3. The zero-order valence-electron chi connectivity index (χ0n) is 16.5. The van der Waals surface area contributed by atoms with Gasteiger partial charge in [-0.1, -0.05) is 54.6 Å². The summed E-state index contributed by atoms with van der Waals surface area (Å²) >= 11 is 0. The molecule has 152 valence electrons. The molecule has 1 aliphatic heterocycles. The summed E-state index contributed by atoms with van der Waals surface area (Å²) in [5.74, 6) is -1.51. The summed E-state index contributed by atoms with van der Waals surface area (Å²) in [4.78, 5) is 39.0. The number of rotatable bonds is 4. The van der Waals surface area contributed by atoms with Crippen LogP contribution in [0.4, 0.5) is 0 Å². The summed E-state index contributed by atoms with van der Waals surface area (Å²) in [7, 11) is 1.30. The minimum atomic E-state index is -0.739. The lowest BCUT2D eigenvalue weighted by Crippen LogP contribution is -2.50. The van der Waals surface area contributed by atoms with E-state index in [1.807, 2.05) is 54.6 Å². The second-order valence-electron chi connectivity index (χ2n) is 7.17. The number of carbonyl (C=O) groups is 3. The third-order valence-electron chi connectivity index (χ3n) is 5.35. The number of methoxy groups -OCH3 is 1. The Balaban J connectivity index is 1.47. The molecule has 0 bridgehead atoms. The maximum Gasteiger partial charge on any atom is 0.338 e. The Hall–Kier alpha value is -3.67. The van der Waals surface area contributed by atoms with Gasteiger partial charge in [-0.25, -0.2) is 9.59 Å². The summed E-state index contributed by atoms with van der Waals surface area (Å²) in [6.07, 6.45) is 0.368. The first-order valence-corrected chi connectivity index (χ1v) is 9.67. The first-order chi connectivity index (χ1) is 14.6. The molecule has 0 saturated heterocycles. The van der Waals surface area contributed by atoms with Crippen molar-refractivity contribution in [3.05, 3.63) is 83.4 Å². The maximum absolute atomic E-state index is 12.8. The molecule has 0 aromatic heterocycles. The van der Waals surface area contributed by atoms with Gasteiger partial charge in [-0.3, -0.25) is 4.79 Å². The third-order valence-corrected chi connectivity index (χ3v) is 5.35. The standard InChI is InChI=1S/C24H21NO5/c1-29-24(28)21-13-18-8-4-5-9-20(18)14-25(21)22(26)15-30-23(27)19-11-10-16-6-2-3-7-17(16)12-19/h2-12,21H,13-15H2,1H3/t21-/m1/s1. The number of esters is 2. The Morgan fingerprint density at radius 3 is 2.40 bits per heavy atom. The van der Waals surface area contributed by atoms with Crippen LogP contribution in [0.2, 0.25) is 0 Å². The fraction of sp³-hybridized carbons (Fsp3) is 0.208. The molecule has 0 saturated carbocycles. The summed E-state index contributed by atoms with van der Waals surface area (Å²) in [6, 6.07) is 19.8. The fourth-order valence-electron chi connectivity index (χ4n) is 3.74. The van der Waals surface area contributed by atoms with E-state index < -0.39 is 30.5 Å². The SMILES string of the molecule is COC(=O)[C@H]1Cc2ccccc2CN1C(=O)COC(=O)c1ccc2ccccc2c1. The molecule has 0 radical (unpaired) electrons. The van der Waals surface area contributed by atoms with Crippen LogP contribution in [0.3, 0.4) is 0 Å². The smallest absolute Gasteiger partial charge is 0.338 e. The van der Waals surface area contributed by atoms with Gasteiger partial charge in [0.25, 0.3) is 5.91 Å². The van der Waals surface area contributed by atoms with Gasteiger partial charge >= 0.3 is 11.9 Å². The molecular weight excluding hydrogens is 382 g/mol. The molecule has 0 spiro atoms. The number of fused-ring (bicyclic) bond motifs is 2. The minimum absolute atomic E-state index is 0.266. The van der Waals surface area contributed by atoms with E-state index in [0.29, 0.717) is 12.0 Å². The van der Waals surface area contributed by atoms with Crippen LogP contribution in [0.25, 0.3) is 10.8 Å². The van der Waals surface area contributed by atoms with Crippen LogP contribution >= 0.6 is 0 Å². The largest absolute Gasteiger partial charge is 0.467 e. The van der Waals surface area contributed by atoms with Crippen molar-refractivity contribution in [2.45, 2.75) is 19.0 Å². The van der Waals surface area contributed by atoms with Crippen LogP contribution in [0, 0.1) is 0 Å². The maximum atomic E-state index is 12.8. The Morgan fingerprint density at radius 1 is 0.933 bits per heavy atom. The van der Waals surface area contributed by atoms with Crippen molar-refractivity contribution in [1.82, 2.24) is 4.90 Å². The molecule has 0 fully saturated rings. The van der Waals surface area contributed by atoms with Crippen molar-refractivity contribution in [2.75, 3.05) is 13.7 Å². The van der Waals surface area contributed by atoms with Crippen molar-refractivity contribution < 1.29 is 23.9 Å². The highest BCUT2D eigenvalue weighted by molar-refractivity contribution is 5.96. The Morgan fingerprint density at radius 2 is 1.63 bits per heavy atom. The van der Waals surface area contributed by atoms with Gasteiger partial charge in [0.2, 0.25) is 0 Å². The monoisotopic (exact) mass is 403 g/mol. The highest BCUT2D eigenvalue weighted by Crippen LogP contribution is 2.24. The molecule has 6 nitrogen and oxygen atoms in total. The van der Waals surface area contributed by atoms with Gasteiger partial charge in [-0.15, -0.1) is 0 Å². The molecule has 0 unspecified atom stereocenters. The average molecular weight is 403 g/mol. The van der Waals surface area contributed by atoms with E-state index in [1.54, 1.807) is 12.1 Å². The lowest BCUT2D eigenvalue weighted by Gasteiger charge is -2.35. The second kappa shape index (κ2) is 8.37. The summed E-state index contributed by atoms with van der Waals surface area (Å²) in [6.45, 7) is -0.177. The summed E-state index contributed by atoms with van der Waals surface area (Å²) in [5, 5.41) is 1.93. The van der Waals surface area contributed by atoms with Crippen LogP contribution in [-0.2, 0) is 32.0 Å².